The fourth-order valence-corrected chi connectivity index (χ4v) is 4.09. The molecule has 33 heavy (non-hydrogen) atoms. The van der Waals surface area contributed by atoms with Gasteiger partial charge in [0.15, 0.2) is 11.5 Å². The molecule has 0 aromatic heterocycles. The summed E-state index contributed by atoms with van der Waals surface area (Å²) < 4.78 is 16.3. The van der Waals surface area contributed by atoms with Crippen LogP contribution in [0.5, 0.6) is 17.2 Å². The average molecular weight is 456 g/mol. The number of hydrogen-bond donors (Lipinski definition) is 2. The van der Waals surface area contributed by atoms with E-state index in [1.165, 1.54) is 0 Å². The van der Waals surface area contributed by atoms with Crippen LogP contribution in [0, 0.1) is 0 Å². The van der Waals surface area contributed by atoms with E-state index in [1.807, 2.05) is 50.2 Å². The summed E-state index contributed by atoms with van der Waals surface area (Å²) in [5, 5.41) is 5.74. The summed E-state index contributed by atoms with van der Waals surface area (Å²) in [6.45, 7) is 4.61. The van der Waals surface area contributed by atoms with Crippen molar-refractivity contribution >= 4 is 11.9 Å². The van der Waals surface area contributed by atoms with Crippen LogP contribution in [0.2, 0.25) is 0 Å². The van der Waals surface area contributed by atoms with Crippen LogP contribution in [0.25, 0.3) is 0 Å². The van der Waals surface area contributed by atoms with Gasteiger partial charge in [0.2, 0.25) is 5.91 Å². The number of nitrogens with zero attached hydrogens (tertiary/aromatic N) is 1. The van der Waals surface area contributed by atoms with E-state index in [1.54, 1.807) is 26.2 Å². The van der Waals surface area contributed by atoms with Gasteiger partial charge in [-0.3, -0.25) is 4.79 Å². The third-order valence-electron chi connectivity index (χ3n) is 5.64. The number of carbonyl (C=O) groups is 2. The van der Waals surface area contributed by atoms with Crippen LogP contribution < -0.4 is 24.8 Å². The summed E-state index contributed by atoms with van der Waals surface area (Å²) in [5.41, 5.74) is 3.04. The first-order valence-electron chi connectivity index (χ1n) is 11.1. The molecule has 0 radical (unpaired) electrons. The van der Waals surface area contributed by atoms with Crippen molar-refractivity contribution in [2.45, 2.75) is 38.8 Å². The number of methoxy groups -OCH3 is 3. The highest BCUT2D eigenvalue weighted by Gasteiger charge is 2.33. The van der Waals surface area contributed by atoms with Crippen molar-refractivity contribution in [2.24, 2.45) is 0 Å². The number of fused-ring (bicyclic) bond motifs is 1. The minimum Gasteiger partial charge on any atom is -0.497 e. The van der Waals surface area contributed by atoms with E-state index in [9.17, 15) is 9.59 Å². The summed E-state index contributed by atoms with van der Waals surface area (Å²) in [6, 6.07) is 11.2. The maximum absolute atomic E-state index is 13.2. The molecule has 2 aromatic rings. The van der Waals surface area contributed by atoms with Gasteiger partial charge in [0.1, 0.15) is 5.75 Å². The smallest absolute Gasteiger partial charge is 0.318 e. The van der Waals surface area contributed by atoms with Gasteiger partial charge >= 0.3 is 6.03 Å². The van der Waals surface area contributed by atoms with Gasteiger partial charge in [-0.15, -0.1) is 0 Å². The van der Waals surface area contributed by atoms with Gasteiger partial charge < -0.3 is 29.7 Å². The zero-order valence-electron chi connectivity index (χ0n) is 19.9. The summed E-state index contributed by atoms with van der Waals surface area (Å²) in [4.78, 5) is 26.9. The summed E-state index contributed by atoms with van der Waals surface area (Å²) in [5.74, 6) is 1.94. The quantitative estimate of drug-likeness (QED) is 0.638. The molecular formula is C25H33N3O5. The van der Waals surface area contributed by atoms with Crippen LogP contribution in [-0.2, 0) is 11.2 Å². The normalized spacial score (nSPS) is 15.0. The molecule has 0 saturated carbocycles. The van der Waals surface area contributed by atoms with Crippen molar-refractivity contribution in [1.29, 1.82) is 0 Å². The van der Waals surface area contributed by atoms with Crippen LogP contribution in [0.1, 0.15) is 43.0 Å². The van der Waals surface area contributed by atoms with Crippen LogP contribution in [0.15, 0.2) is 36.4 Å². The second-order valence-electron chi connectivity index (χ2n) is 8.23. The maximum atomic E-state index is 13.2. The first-order valence-corrected chi connectivity index (χ1v) is 11.1. The van der Waals surface area contributed by atoms with Crippen molar-refractivity contribution in [3.8, 4) is 17.2 Å². The maximum Gasteiger partial charge on any atom is 0.318 e. The Labute approximate surface area is 195 Å². The zero-order chi connectivity index (χ0) is 24.0. The minimum absolute atomic E-state index is 0.0678. The van der Waals surface area contributed by atoms with Gasteiger partial charge in [-0.2, -0.15) is 0 Å². The number of carbonyl (C=O) groups excluding carboxylic acids is 2. The third-order valence-corrected chi connectivity index (χ3v) is 5.64. The molecule has 0 aliphatic carbocycles. The van der Waals surface area contributed by atoms with E-state index in [2.05, 4.69) is 10.6 Å². The Hall–Kier alpha value is -3.42. The largest absolute Gasteiger partial charge is 0.497 e. The summed E-state index contributed by atoms with van der Waals surface area (Å²) in [7, 11) is 4.84. The summed E-state index contributed by atoms with van der Waals surface area (Å²) >= 11 is 0. The molecule has 0 bridgehead atoms. The van der Waals surface area contributed by atoms with Crippen LogP contribution in [-0.4, -0.2) is 57.3 Å². The molecule has 8 heteroatoms. The zero-order valence-corrected chi connectivity index (χ0v) is 19.9. The lowest BCUT2D eigenvalue weighted by molar-refractivity contribution is -0.121. The van der Waals surface area contributed by atoms with E-state index in [4.69, 9.17) is 14.2 Å². The molecule has 1 atom stereocenters. The van der Waals surface area contributed by atoms with Gasteiger partial charge in [-0.25, -0.2) is 4.79 Å². The van der Waals surface area contributed by atoms with Gasteiger partial charge in [0, 0.05) is 25.6 Å². The predicted molar refractivity (Wildman–Crippen MR) is 126 cm³/mol. The van der Waals surface area contributed by atoms with Crippen LogP contribution >= 0.6 is 0 Å². The predicted octanol–water partition coefficient (Wildman–Crippen LogP) is 3.28. The average Bonchev–Trinajstić information content (AvgIpc) is 2.81. The fourth-order valence-electron chi connectivity index (χ4n) is 4.09. The third kappa shape index (κ3) is 5.69. The molecule has 1 heterocycles. The monoisotopic (exact) mass is 455 g/mol. The van der Waals surface area contributed by atoms with Crippen LogP contribution in [0.3, 0.4) is 0 Å². The number of amides is 3. The molecule has 0 unspecified atom stereocenters. The van der Waals surface area contributed by atoms with Gasteiger partial charge in [0.05, 0.1) is 27.4 Å². The van der Waals surface area contributed by atoms with Gasteiger partial charge in [0.25, 0.3) is 0 Å². The standard InChI is InChI=1S/C25H33N3O5/c1-16(2)27-23(29)10-12-26-25(30)28-13-11-18-14-21(32-4)22(33-5)15-20(18)24(28)17-6-8-19(31-3)9-7-17/h6-9,14-16,24H,10-13H2,1-5H3,(H,26,30)(H,27,29)/t24-/m0/s1. The second-order valence-corrected chi connectivity index (χ2v) is 8.23. The lowest BCUT2D eigenvalue weighted by atomic mass is 9.87. The molecule has 8 nitrogen and oxygen atoms in total. The number of nitrogens with one attached hydrogen (secondary N) is 2. The van der Waals surface area contributed by atoms with E-state index >= 15 is 0 Å². The molecule has 3 amide bonds. The molecule has 1 aliphatic rings. The van der Waals surface area contributed by atoms with Crippen molar-refractivity contribution < 1.29 is 23.8 Å². The van der Waals surface area contributed by atoms with Crippen molar-refractivity contribution in [3.63, 3.8) is 0 Å². The topological polar surface area (TPSA) is 89.1 Å². The Balaban J connectivity index is 1.89. The minimum atomic E-state index is -0.316. The van der Waals surface area contributed by atoms with E-state index in [-0.39, 0.29) is 37.0 Å². The van der Waals surface area contributed by atoms with Crippen molar-refractivity contribution in [2.75, 3.05) is 34.4 Å². The molecule has 2 aromatic carbocycles. The number of ether oxygens (including phenoxy) is 3. The van der Waals surface area contributed by atoms with E-state index in [0.29, 0.717) is 24.5 Å². The Bertz CT molecular complexity index is 975. The number of urea groups is 1. The number of benzene rings is 2. The second kappa shape index (κ2) is 10.9. The molecule has 0 fully saturated rings. The first-order chi connectivity index (χ1) is 15.9. The first kappa shape index (κ1) is 24.2. The molecule has 178 valence electrons. The highest BCUT2D eigenvalue weighted by molar-refractivity contribution is 5.79. The van der Waals surface area contributed by atoms with Crippen molar-refractivity contribution in [3.05, 3.63) is 53.1 Å². The number of hydrogen-bond acceptors (Lipinski definition) is 5. The Kier molecular flexibility index (Phi) is 8.03. The van der Waals surface area contributed by atoms with E-state index in [0.717, 1.165) is 22.4 Å². The Morgan fingerprint density at radius 2 is 1.70 bits per heavy atom. The SMILES string of the molecule is COc1ccc([C@H]2c3cc(OC)c(OC)cc3CCN2C(=O)NCCC(=O)NC(C)C)cc1. The van der Waals surface area contributed by atoms with Crippen molar-refractivity contribution in [1.82, 2.24) is 15.5 Å². The molecule has 1 aliphatic heterocycles. The molecule has 3 rings (SSSR count). The highest BCUT2D eigenvalue weighted by atomic mass is 16.5. The molecule has 0 spiro atoms. The van der Waals surface area contributed by atoms with E-state index < -0.39 is 0 Å². The molecular weight excluding hydrogens is 422 g/mol. The summed E-state index contributed by atoms with van der Waals surface area (Å²) in [6.07, 6.45) is 0.913. The number of rotatable bonds is 8. The lowest BCUT2D eigenvalue weighted by Gasteiger charge is -2.38. The molecule has 0 saturated heterocycles. The van der Waals surface area contributed by atoms with Gasteiger partial charge in [-0.1, -0.05) is 12.1 Å². The Morgan fingerprint density at radius 3 is 2.30 bits per heavy atom. The van der Waals surface area contributed by atoms with Gasteiger partial charge in [-0.05, 0) is 61.2 Å². The highest BCUT2D eigenvalue weighted by Crippen LogP contribution is 2.41. The molecule has 2 N–H and O–H groups in total. The Morgan fingerprint density at radius 1 is 1.03 bits per heavy atom. The fraction of sp³-hybridized carbons (Fsp3) is 0.440. The van der Waals surface area contributed by atoms with Crippen LogP contribution in [0.4, 0.5) is 4.79 Å². The lowest BCUT2D eigenvalue weighted by Crippen LogP contribution is -2.46.